The van der Waals surface area contributed by atoms with E-state index < -0.39 is 0 Å². The molecule has 1 amide bonds. The summed E-state index contributed by atoms with van der Waals surface area (Å²) in [4.78, 5) is 12.3. The van der Waals surface area contributed by atoms with Crippen molar-refractivity contribution < 1.29 is 19.0 Å². The SMILES string of the molecule is COc1cc(CNC(=O)c2cccc(Cl)c2Cl)ccc1OC[C@@H]1CCCO1. The van der Waals surface area contributed by atoms with Crippen LogP contribution in [0.3, 0.4) is 0 Å². The van der Waals surface area contributed by atoms with Crippen LogP contribution in [0.5, 0.6) is 11.5 Å². The lowest BCUT2D eigenvalue weighted by Crippen LogP contribution is -2.23. The Hall–Kier alpha value is -1.95. The molecule has 0 bridgehead atoms. The van der Waals surface area contributed by atoms with Crippen molar-refractivity contribution in [3.8, 4) is 11.5 Å². The van der Waals surface area contributed by atoms with E-state index in [1.165, 1.54) is 0 Å². The standard InChI is InChI=1S/C20H21Cl2NO4/c1-25-18-10-13(7-8-17(18)27-12-14-4-3-9-26-14)11-23-20(24)15-5-2-6-16(21)19(15)22/h2,5-8,10,14H,3-4,9,11-12H2,1H3,(H,23,24)/t14-/m0/s1. The molecular weight excluding hydrogens is 389 g/mol. The molecule has 0 aromatic heterocycles. The molecule has 1 atom stereocenters. The van der Waals surface area contributed by atoms with Crippen LogP contribution >= 0.6 is 23.2 Å². The molecule has 1 saturated heterocycles. The van der Waals surface area contributed by atoms with E-state index in [9.17, 15) is 4.79 Å². The first-order chi connectivity index (χ1) is 13.1. The second kappa shape index (κ2) is 9.31. The van der Waals surface area contributed by atoms with Crippen molar-refractivity contribution in [3.63, 3.8) is 0 Å². The van der Waals surface area contributed by atoms with Crippen LogP contribution in [0, 0.1) is 0 Å². The van der Waals surface area contributed by atoms with E-state index in [2.05, 4.69) is 5.32 Å². The molecule has 1 heterocycles. The second-order valence-electron chi connectivity index (χ2n) is 6.22. The Kier molecular flexibility index (Phi) is 6.83. The molecule has 2 aromatic carbocycles. The third-order valence-corrected chi connectivity index (χ3v) is 5.14. The number of nitrogens with one attached hydrogen (secondary N) is 1. The van der Waals surface area contributed by atoms with E-state index in [0.717, 1.165) is 25.0 Å². The number of carbonyl (C=O) groups is 1. The van der Waals surface area contributed by atoms with Crippen molar-refractivity contribution in [2.75, 3.05) is 20.3 Å². The van der Waals surface area contributed by atoms with E-state index in [1.807, 2.05) is 18.2 Å². The number of hydrogen-bond acceptors (Lipinski definition) is 4. The summed E-state index contributed by atoms with van der Waals surface area (Å²) in [6.07, 6.45) is 2.22. The summed E-state index contributed by atoms with van der Waals surface area (Å²) < 4.78 is 16.8. The Morgan fingerprint density at radius 1 is 1.26 bits per heavy atom. The predicted molar refractivity (Wildman–Crippen MR) is 105 cm³/mol. The highest BCUT2D eigenvalue weighted by atomic mass is 35.5. The van der Waals surface area contributed by atoms with Gasteiger partial charge in [0.2, 0.25) is 0 Å². The van der Waals surface area contributed by atoms with Crippen molar-refractivity contribution >= 4 is 29.1 Å². The summed E-state index contributed by atoms with van der Waals surface area (Å²) >= 11 is 12.0. The number of halogens is 2. The van der Waals surface area contributed by atoms with E-state index in [-0.39, 0.29) is 17.0 Å². The fourth-order valence-corrected chi connectivity index (χ4v) is 3.24. The molecule has 0 unspecified atom stereocenters. The van der Waals surface area contributed by atoms with E-state index >= 15 is 0 Å². The molecule has 0 aliphatic carbocycles. The first-order valence-electron chi connectivity index (χ1n) is 8.72. The van der Waals surface area contributed by atoms with Crippen LogP contribution in [0.4, 0.5) is 0 Å². The van der Waals surface area contributed by atoms with Crippen LogP contribution in [0.1, 0.15) is 28.8 Å². The van der Waals surface area contributed by atoms with Crippen molar-refractivity contribution in [3.05, 3.63) is 57.6 Å². The fraction of sp³-hybridized carbons (Fsp3) is 0.350. The van der Waals surface area contributed by atoms with Gasteiger partial charge >= 0.3 is 0 Å². The highest BCUT2D eigenvalue weighted by Gasteiger charge is 2.17. The minimum Gasteiger partial charge on any atom is -0.493 e. The molecule has 3 rings (SSSR count). The molecule has 0 saturated carbocycles. The minimum absolute atomic E-state index is 0.135. The average molecular weight is 410 g/mol. The van der Waals surface area contributed by atoms with Crippen LogP contribution < -0.4 is 14.8 Å². The van der Waals surface area contributed by atoms with Crippen molar-refractivity contribution in [1.29, 1.82) is 0 Å². The summed E-state index contributed by atoms with van der Waals surface area (Å²) in [5.74, 6) is 0.974. The quantitative estimate of drug-likeness (QED) is 0.731. The average Bonchev–Trinajstić information content (AvgIpc) is 3.20. The van der Waals surface area contributed by atoms with Crippen LogP contribution in [0.15, 0.2) is 36.4 Å². The Bertz CT molecular complexity index is 807. The molecule has 1 aliphatic rings. The van der Waals surface area contributed by atoms with Gasteiger partial charge in [-0.25, -0.2) is 0 Å². The summed E-state index contributed by atoms with van der Waals surface area (Å²) in [5.41, 5.74) is 1.22. The van der Waals surface area contributed by atoms with Crippen molar-refractivity contribution in [2.45, 2.75) is 25.5 Å². The zero-order valence-corrected chi connectivity index (χ0v) is 16.5. The fourth-order valence-electron chi connectivity index (χ4n) is 2.86. The van der Waals surface area contributed by atoms with Gasteiger partial charge in [-0.1, -0.05) is 35.3 Å². The Morgan fingerprint density at radius 2 is 2.11 bits per heavy atom. The number of carbonyl (C=O) groups excluding carboxylic acids is 1. The number of benzene rings is 2. The lowest BCUT2D eigenvalue weighted by molar-refractivity contribution is 0.0669. The van der Waals surface area contributed by atoms with Gasteiger partial charge in [-0.3, -0.25) is 4.79 Å². The van der Waals surface area contributed by atoms with Gasteiger partial charge in [0.15, 0.2) is 11.5 Å². The molecule has 1 aliphatic heterocycles. The first-order valence-corrected chi connectivity index (χ1v) is 9.47. The maximum Gasteiger partial charge on any atom is 0.253 e. The van der Waals surface area contributed by atoms with Crippen LogP contribution in [-0.2, 0) is 11.3 Å². The van der Waals surface area contributed by atoms with Gasteiger partial charge in [0.25, 0.3) is 5.91 Å². The predicted octanol–water partition coefficient (Wildman–Crippen LogP) is 4.49. The molecule has 144 valence electrons. The summed E-state index contributed by atoms with van der Waals surface area (Å²) in [6.45, 7) is 1.62. The second-order valence-corrected chi connectivity index (χ2v) is 7.00. The number of rotatable bonds is 7. The van der Waals surface area contributed by atoms with Gasteiger partial charge in [-0.2, -0.15) is 0 Å². The highest BCUT2D eigenvalue weighted by molar-refractivity contribution is 6.43. The molecule has 2 aromatic rings. The Balaban J connectivity index is 1.61. The zero-order valence-electron chi connectivity index (χ0n) is 15.0. The number of amides is 1. The number of hydrogen-bond donors (Lipinski definition) is 1. The zero-order chi connectivity index (χ0) is 19.2. The smallest absolute Gasteiger partial charge is 0.253 e. The molecule has 0 spiro atoms. The topological polar surface area (TPSA) is 56.8 Å². The molecular formula is C20H21Cl2NO4. The molecule has 1 N–H and O–H groups in total. The summed E-state index contributed by atoms with van der Waals surface area (Å²) in [7, 11) is 1.59. The monoisotopic (exact) mass is 409 g/mol. The first kappa shape index (κ1) is 19.8. The molecule has 27 heavy (non-hydrogen) atoms. The Labute approximate surface area is 168 Å². The van der Waals surface area contributed by atoms with Crippen molar-refractivity contribution in [2.24, 2.45) is 0 Å². The lowest BCUT2D eigenvalue weighted by atomic mass is 10.1. The maximum absolute atomic E-state index is 12.3. The minimum atomic E-state index is -0.292. The molecule has 0 radical (unpaired) electrons. The van der Waals surface area contributed by atoms with E-state index in [0.29, 0.717) is 35.2 Å². The number of methoxy groups -OCH3 is 1. The molecule has 7 heteroatoms. The van der Waals surface area contributed by atoms with E-state index in [4.69, 9.17) is 37.4 Å². The van der Waals surface area contributed by atoms with E-state index in [1.54, 1.807) is 25.3 Å². The van der Waals surface area contributed by atoms with Gasteiger partial charge in [0.1, 0.15) is 6.61 Å². The summed E-state index contributed by atoms with van der Waals surface area (Å²) in [5, 5.41) is 3.42. The van der Waals surface area contributed by atoms with Gasteiger partial charge in [-0.05, 0) is 42.7 Å². The Morgan fingerprint density at radius 3 is 2.85 bits per heavy atom. The van der Waals surface area contributed by atoms with Gasteiger partial charge in [0.05, 0.1) is 28.8 Å². The van der Waals surface area contributed by atoms with Crippen molar-refractivity contribution in [1.82, 2.24) is 5.32 Å². The van der Waals surface area contributed by atoms with Gasteiger partial charge in [0, 0.05) is 13.2 Å². The third kappa shape index (κ3) is 5.06. The van der Waals surface area contributed by atoms with Gasteiger partial charge in [-0.15, -0.1) is 0 Å². The highest BCUT2D eigenvalue weighted by Crippen LogP contribution is 2.29. The normalized spacial score (nSPS) is 16.2. The van der Waals surface area contributed by atoms with Crippen LogP contribution in [-0.4, -0.2) is 32.3 Å². The largest absolute Gasteiger partial charge is 0.493 e. The number of ether oxygens (including phenoxy) is 3. The molecule has 5 nitrogen and oxygen atoms in total. The molecule has 1 fully saturated rings. The lowest BCUT2D eigenvalue weighted by Gasteiger charge is -2.15. The van der Waals surface area contributed by atoms with Crippen LogP contribution in [0.2, 0.25) is 10.0 Å². The maximum atomic E-state index is 12.3. The van der Waals surface area contributed by atoms with Crippen LogP contribution in [0.25, 0.3) is 0 Å². The summed E-state index contributed by atoms with van der Waals surface area (Å²) in [6, 6.07) is 10.5. The third-order valence-electron chi connectivity index (χ3n) is 4.33. The van der Waals surface area contributed by atoms with Gasteiger partial charge < -0.3 is 19.5 Å².